The Morgan fingerprint density at radius 1 is 0.323 bits per heavy atom. The Morgan fingerprint density at radius 3 is 0.969 bits per heavy atom. The van der Waals surface area contributed by atoms with Gasteiger partial charge in [0.15, 0.2) is 6.10 Å². The summed E-state index contributed by atoms with van der Waals surface area (Å²) >= 11 is 0. The molecule has 1 unspecified atom stereocenters. The third kappa shape index (κ3) is 50.2. The minimum Gasteiger partial charge on any atom is -0.462 e. The number of rotatable bonds is 43. The second-order valence-electron chi connectivity index (χ2n) is 16.2. The molecule has 0 bridgehead atoms. The highest BCUT2D eigenvalue weighted by Crippen LogP contribution is 2.13. The summed E-state index contributed by atoms with van der Waals surface area (Å²) in [6.45, 7) is 6.23. The van der Waals surface area contributed by atoms with E-state index in [4.69, 9.17) is 14.2 Å². The third-order valence-corrected chi connectivity index (χ3v) is 10.1. The van der Waals surface area contributed by atoms with Crippen molar-refractivity contribution in [2.75, 3.05) is 13.2 Å². The molecule has 0 spiro atoms. The quantitative estimate of drug-likeness (QED) is 0.0263. The maximum atomic E-state index is 12.8. The van der Waals surface area contributed by atoms with Gasteiger partial charge in [-0.2, -0.15) is 0 Å². The molecule has 0 rings (SSSR count). The van der Waals surface area contributed by atoms with E-state index in [-0.39, 0.29) is 37.5 Å². The van der Waals surface area contributed by atoms with Crippen LogP contribution in [-0.4, -0.2) is 37.2 Å². The molecule has 1 atom stereocenters. The molecule has 0 fully saturated rings. The monoisotopic (exact) mass is 895 g/mol. The van der Waals surface area contributed by atoms with Crippen molar-refractivity contribution >= 4 is 17.9 Å². The zero-order valence-electron chi connectivity index (χ0n) is 41.2. The minimum absolute atomic E-state index is 0.115. The van der Waals surface area contributed by atoms with Crippen molar-refractivity contribution in [1.29, 1.82) is 0 Å². The third-order valence-electron chi connectivity index (χ3n) is 10.1. The van der Waals surface area contributed by atoms with E-state index < -0.39 is 6.10 Å². The largest absolute Gasteiger partial charge is 0.462 e. The maximum absolute atomic E-state index is 12.8. The fourth-order valence-corrected chi connectivity index (χ4v) is 6.30. The predicted molar refractivity (Wildman–Crippen MR) is 279 cm³/mol. The average Bonchev–Trinajstić information content (AvgIpc) is 3.30. The van der Waals surface area contributed by atoms with Crippen LogP contribution >= 0.6 is 0 Å². The van der Waals surface area contributed by atoms with Gasteiger partial charge in [0.05, 0.1) is 0 Å². The van der Waals surface area contributed by atoms with Gasteiger partial charge in [-0.25, -0.2) is 0 Å². The van der Waals surface area contributed by atoms with Crippen LogP contribution in [0.2, 0.25) is 0 Å². The highest BCUT2D eigenvalue weighted by atomic mass is 16.6. The summed E-state index contributed by atoms with van der Waals surface area (Å²) in [6.07, 6.45) is 73.9. The molecule has 0 amide bonds. The van der Waals surface area contributed by atoms with Crippen LogP contribution in [0.15, 0.2) is 146 Å². The Kier molecular flexibility index (Phi) is 48.2. The first-order valence-electron chi connectivity index (χ1n) is 25.5. The average molecular weight is 895 g/mol. The van der Waals surface area contributed by atoms with E-state index in [1.807, 2.05) is 85.1 Å². The summed E-state index contributed by atoms with van der Waals surface area (Å²) in [4.78, 5) is 38.0. The summed E-state index contributed by atoms with van der Waals surface area (Å²) in [5.74, 6) is -1.01. The zero-order valence-corrected chi connectivity index (χ0v) is 41.2. The van der Waals surface area contributed by atoms with Crippen LogP contribution in [0.25, 0.3) is 0 Å². The normalized spacial score (nSPS) is 13.3. The molecule has 0 radical (unpaired) electrons. The van der Waals surface area contributed by atoms with Gasteiger partial charge in [-0.3, -0.25) is 14.4 Å². The van der Waals surface area contributed by atoms with Crippen molar-refractivity contribution in [3.63, 3.8) is 0 Å². The van der Waals surface area contributed by atoms with E-state index >= 15 is 0 Å². The summed E-state index contributed by atoms with van der Waals surface area (Å²) in [7, 11) is 0. The summed E-state index contributed by atoms with van der Waals surface area (Å²) in [5, 5.41) is 0. The van der Waals surface area contributed by atoms with Crippen molar-refractivity contribution in [1.82, 2.24) is 0 Å². The van der Waals surface area contributed by atoms with Gasteiger partial charge in [0.1, 0.15) is 13.2 Å². The molecule has 0 N–H and O–H groups in total. The molecule has 0 aromatic rings. The van der Waals surface area contributed by atoms with Crippen LogP contribution in [0.5, 0.6) is 0 Å². The van der Waals surface area contributed by atoms with Gasteiger partial charge in [-0.1, -0.05) is 231 Å². The molecule has 0 saturated heterocycles. The van der Waals surface area contributed by atoms with Crippen LogP contribution in [0.1, 0.15) is 188 Å². The summed E-state index contributed by atoms with van der Waals surface area (Å²) in [6, 6.07) is 0. The first-order chi connectivity index (χ1) is 32.0. The van der Waals surface area contributed by atoms with Crippen LogP contribution in [0.4, 0.5) is 0 Å². The number of esters is 3. The molecule has 0 saturated carbocycles. The van der Waals surface area contributed by atoms with E-state index in [1.165, 1.54) is 32.1 Å². The summed E-state index contributed by atoms with van der Waals surface area (Å²) < 4.78 is 16.7. The van der Waals surface area contributed by atoms with E-state index in [1.54, 1.807) is 0 Å². The van der Waals surface area contributed by atoms with Gasteiger partial charge < -0.3 is 14.2 Å². The summed E-state index contributed by atoms with van der Waals surface area (Å²) in [5.41, 5.74) is 0. The van der Waals surface area contributed by atoms with Gasteiger partial charge >= 0.3 is 17.9 Å². The lowest BCUT2D eigenvalue weighted by molar-refractivity contribution is -0.167. The lowest BCUT2D eigenvalue weighted by atomic mass is 10.1. The van der Waals surface area contributed by atoms with Gasteiger partial charge in [0.2, 0.25) is 0 Å². The van der Waals surface area contributed by atoms with Crippen LogP contribution in [0, 0.1) is 0 Å². The molecule has 6 nitrogen and oxygen atoms in total. The van der Waals surface area contributed by atoms with Gasteiger partial charge in [0.25, 0.3) is 0 Å². The number of allylic oxidation sites excluding steroid dienone is 24. The van der Waals surface area contributed by atoms with Crippen LogP contribution in [-0.2, 0) is 28.6 Å². The Labute approximate surface area is 397 Å². The van der Waals surface area contributed by atoms with Crippen molar-refractivity contribution in [3.8, 4) is 0 Å². The number of hydrogen-bond donors (Lipinski definition) is 0. The molecule has 6 heteroatoms. The van der Waals surface area contributed by atoms with E-state index in [2.05, 4.69) is 81.5 Å². The number of carbonyl (C=O) groups excluding carboxylic acids is 3. The fraction of sp³-hybridized carbons (Fsp3) is 0.542. The van der Waals surface area contributed by atoms with Crippen molar-refractivity contribution in [2.45, 2.75) is 194 Å². The number of unbranched alkanes of at least 4 members (excludes halogenated alkanes) is 17. The smallest absolute Gasteiger partial charge is 0.306 e. The molecular weight excluding hydrogens is 805 g/mol. The second kappa shape index (κ2) is 51.9. The Hall–Kier alpha value is -4.71. The first-order valence-corrected chi connectivity index (χ1v) is 25.5. The van der Waals surface area contributed by atoms with E-state index in [0.29, 0.717) is 12.8 Å². The van der Waals surface area contributed by atoms with Crippen molar-refractivity contribution in [2.24, 2.45) is 0 Å². The van der Waals surface area contributed by atoms with Gasteiger partial charge in [-0.05, 0) is 83.5 Å². The molecule has 362 valence electrons. The molecule has 0 aliphatic rings. The number of hydrogen-bond acceptors (Lipinski definition) is 6. The maximum Gasteiger partial charge on any atom is 0.306 e. The predicted octanol–water partition coefficient (Wildman–Crippen LogP) is 16.9. The fourth-order valence-electron chi connectivity index (χ4n) is 6.30. The highest BCUT2D eigenvalue weighted by molar-refractivity contribution is 5.71. The molecule has 0 heterocycles. The lowest BCUT2D eigenvalue weighted by Crippen LogP contribution is -2.30. The SMILES string of the molecule is CC\C=C/C=C\C=C/C=C\C=C\C=C/CCCCCC(=O)OCC(COC(=O)CCCCCCCC/C=C\C=C/CCCCC)OC(=O)CCCCCCC\C=C/C=C\C=C/C=C\CC. The van der Waals surface area contributed by atoms with E-state index in [0.717, 1.165) is 116 Å². The molecule has 65 heavy (non-hydrogen) atoms. The Balaban J connectivity index is 4.58. The van der Waals surface area contributed by atoms with E-state index in [9.17, 15) is 14.4 Å². The second-order valence-corrected chi connectivity index (χ2v) is 16.2. The van der Waals surface area contributed by atoms with Gasteiger partial charge in [-0.15, -0.1) is 0 Å². The lowest BCUT2D eigenvalue weighted by Gasteiger charge is -2.18. The Bertz CT molecular complexity index is 1490. The van der Waals surface area contributed by atoms with Crippen LogP contribution in [0.3, 0.4) is 0 Å². The first kappa shape index (κ1) is 60.3. The number of carbonyl (C=O) groups is 3. The molecule has 0 aliphatic heterocycles. The minimum atomic E-state index is -0.820. The topological polar surface area (TPSA) is 78.9 Å². The zero-order chi connectivity index (χ0) is 47.2. The number of ether oxygens (including phenoxy) is 3. The molecule has 0 aromatic carbocycles. The standard InChI is InChI=1S/C59H90O6/c1-4-7-10-13-16-19-22-25-28-29-32-34-37-40-43-46-49-52-58(61)64-55-56(65-59(62)53-50-47-44-41-38-35-31-27-24-21-18-15-12-9-6-3)54-63-57(60)51-48-45-42-39-36-33-30-26-23-20-17-14-11-8-5-2/h7,9-10,12-13,15-29,31-32,34,37,56H,4-6,8,11,14,30,33,35-36,38-55H2,1-3H3/b10-7-,12-9-,16-13-,18-15-,20-17-,22-19-,24-21-,26-23-,28-25-,31-27-,32-29+,37-34-. The van der Waals surface area contributed by atoms with Gasteiger partial charge in [0, 0.05) is 19.3 Å². The van der Waals surface area contributed by atoms with Crippen molar-refractivity contribution in [3.05, 3.63) is 146 Å². The molecule has 0 aromatic heterocycles. The molecular formula is C59H90O6. The molecule has 0 aliphatic carbocycles. The van der Waals surface area contributed by atoms with Crippen molar-refractivity contribution < 1.29 is 28.6 Å². The van der Waals surface area contributed by atoms with Crippen LogP contribution < -0.4 is 0 Å². The highest BCUT2D eigenvalue weighted by Gasteiger charge is 2.19. The Morgan fingerprint density at radius 2 is 0.600 bits per heavy atom.